The third-order valence-corrected chi connectivity index (χ3v) is 6.33. The summed E-state index contributed by atoms with van der Waals surface area (Å²) in [6.45, 7) is 0.203. The molecule has 2 amide bonds. The van der Waals surface area contributed by atoms with E-state index in [1.807, 2.05) is 22.6 Å². The molecular weight excluding hydrogens is 607 g/mol. The maximum Gasteiger partial charge on any atom is 0.305 e. The molecule has 2 aromatic carbocycles. The highest BCUT2D eigenvalue weighted by atomic mass is 127. The van der Waals surface area contributed by atoms with Gasteiger partial charge in [0.05, 0.1) is 28.7 Å². The summed E-state index contributed by atoms with van der Waals surface area (Å²) >= 11 is 7.88. The fraction of sp³-hybridized carbons (Fsp3) is 0.318. The van der Waals surface area contributed by atoms with Crippen LogP contribution in [-0.4, -0.2) is 70.1 Å². The number of phenols is 1. The lowest BCUT2D eigenvalue weighted by Crippen LogP contribution is -2.63. The standard InChI is InChI=1S/C22H26ClIN6O6/c23-12-5-15(20(35)16(24)6-12)17(7-19(33)34)29-18(32)9-26-21(36)11-2-1-3-13(4-11)28-22-27-8-14(31)10-30(22)25/h1-6,14,17,22,27-28,31,35H,7-10,25H2,(H,26,36)(H,29,32)(H,33,34). The molecule has 36 heavy (non-hydrogen) atoms. The summed E-state index contributed by atoms with van der Waals surface area (Å²) in [6.07, 6.45) is -1.53. The summed E-state index contributed by atoms with van der Waals surface area (Å²) in [5.41, 5.74) is 1.02. The van der Waals surface area contributed by atoms with Crippen molar-refractivity contribution in [3.63, 3.8) is 0 Å². The molecule has 1 aliphatic rings. The van der Waals surface area contributed by atoms with Crippen LogP contribution >= 0.6 is 34.2 Å². The van der Waals surface area contributed by atoms with Crippen LogP contribution in [0.1, 0.15) is 28.4 Å². The molecule has 3 rings (SSSR count). The van der Waals surface area contributed by atoms with Crippen molar-refractivity contribution < 1.29 is 29.7 Å². The number of hydrazine groups is 1. The summed E-state index contributed by atoms with van der Waals surface area (Å²) in [4.78, 5) is 36.5. The van der Waals surface area contributed by atoms with Gasteiger partial charge in [0.15, 0.2) is 0 Å². The largest absolute Gasteiger partial charge is 0.506 e. The van der Waals surface area contributed by atoms with Gasteiger partial charge < -0.3 is 31.3 Å². The summed E-state index contributed by atoms with van der Waals surface area (Å²) < 4.78 is 0.402. The van der Waals surface area contributed by atoms with E-state index in [9.17, 15) is 29.7 Å². The van der Waals surface area contributed by atoms with Crippen molar-refractivity contribution in [2.24, 2.45) is 5.84 Å². The molecule has 14 heteroatoms. The summed E-state index contributed by atoms with van der Waals surface area (Å²) in [6, 6.07) is 8.36. The first kappa shape index (κ1) is 27.9. The van der Waals surface area contributed by atoms with Crippen molar-refractivity contribution in [1.29, 1.82) is 0 Å². The number of nitrogens with zero attached hydrogens (tertiary/aromatic N) is 1. The lowest BCUT2D eigenvalue weighted by molar-refractivity contribution is -0.137. The molecule has 0 spiro atoms. The molecule has 1 saturated heterocycles. The minimum absolute atomic E-state index is 0.158. The number of carbonyl (C=O) groups is 3. The van der Waals surface area contributed by atoms with E-state index in [2.05, 4.69) is 21.3 Å². The van der Waals surface area contributed by atoms with Crippen LogP contribution in [0, 0.1) is 3.57 Å². The average molecular weight is 633 g/mol. The molecule has 1 aliphatic heterocycles. The molecule has 194 valence electrons. The zero-order valence-corrected chi connectivity index (χ0v) is 21.8. The van der Waals surface area contributed by atoms with E-state index in [-0.39, 0.29) is 28.4 Å². The number of anilines is 1. The zero-order valence-electron chi connectivity index (χ0n) is 18.9. The fourth-order valence-electron chi connectivity index (χ4n) is 3.59. The maximum atomic E-state index is 12.6. The number of β-amino-alcohol motifs (C(OH)–C–C–N with tert-alkyl or cyclic N) is 1. The molecule has 3 atom stereocenters. The topological polar surface area (TPSA) is 189 Å². The number of carboxylic acid groups (broad SMARTS) is 1. The summed E-state index contributed by atoms with van der Waals surface area (Å²) in [5, 5.41) is 42.1. The predicted molar refractivity (Wildman–Crippen MR) is 140 cm³/mol. The van der Waals surface area contributed by atoms with Crippen molar-refractivity contribution in [2.75, 3.05) is 25.0 Å². The zero-order chi connectivity index (χ0) is 26.4. The predicted octanol–water partition coefficient (Wildman–Crippen LogP) is 0.548. The maximum absolute atomic E-state index is 12.6. The van der Waals surface area contributed by atoms with E-state index < -0.39 is 49.2 Å². The average Bonchev–Trinajstić information content (AvgIpc) is 2.81. The number of benzene rings is 2. The number of halogens is 2. The molecule has 0 saturated carbocycles. The fourth-order valence-corrected chi connectivity index (χ4v) is 4.65. The number of nitrogens with two attached hydrogens (primary N) is 1. The van der Waals surface area contributed by atoms with Crippen LogP contribution in [0.3, 0.4) is 0 Å². The summed E-state index contributed by atoms with van der Waals surface area (Å²) in [5.74, 6) is 3.34. The number of amides is 2. The van der Waals surface area contributed by atoms with Crippen molar-refractivity contribution in [2.45, 2.75) is 24.9 Å². The highest BCUT2D eigenvalue weighted by molar-refractivity contribution is 14.1. The number of carboxylic acids is 1. The number of rotatable bonds is 9. The van der Waals surface area contributed by atoms with Crippen LogP contribution in [0.15, 0.2) is 36.4 Å². The minimum Gasteiger partial charge on any atom is -0.506 e. The van der Waals surface area contributed by atoms with Gasteiger partial charge in [0.2, 0.25) is 5.91 Å². The number of nitrogens with one attached hydrogen (secondary N) is 4. The number of hydrogen-bond donors (Lipinski definition) is 8. The van der Waals surface area contributed by atoms with Gasteiger partial charge in [-0.3, -0.25) is 25.5 Å². The Labute approximate surface area is 225 Å². The number of aromatic hydroxyl groups is 1. The Morgan fingerprint density at radius 3 is 2.72 bits per heavy atom. The second-order valence-electron chi connectivity index (χ2n) is 8.11. The Hall–Kier alpha value is -2.69. The lowest BCUT2D eigenvalue weighted by atomic mass is 10.0. The molecule has 0 aromatic heterocycles. The van der Waals surface area contributed by atoms with Gasteiger partial charge in [-0.15, -0.1) is 0 Å². The van der Waals surface area contributed by atoms with Crippen LogP contribution in [-0.2, 0) is 9.59 Å². The Morgan fingerprint density at radius 2 is 2.03 bits per heavy atom. The highest BCUT2D eigenvalue weighted by Crippen LogP contribution is 2.34. The molecule has 9 N–H and O–H groups in total. The van der Waals surface area contributed by atoms with Crippen molar-refractivity contribution in [1.82, 2.24) is 21.0 Å². The Kier molecular flexibility index (Phi) is 9.69. The van der Waals surface area contributed by atoms with Crippen LogP contribution in [0.25, 0.3) is 0 Å². The normalized spacial score (nSPS) is 18.8. The molecule has 2 aromatic rings. The number of carbonyl (C=O) groups excluding carboxylic acids is 2. The van der Waals surface area contributed by atoms with E-state index in [0.717, 1.165) is 0 Å². The highest BCUT2D eigenvalue weighted by Gasteiger charge is 2.25. The molecule has 3 unspecified atom stereocenters. The monoisotopic (exact) mass is 632 g/mol. The van der Waals surface area contributed by atoms with E-state index in [1.165, 1.54) is 17.1 Å². The number of phenolic OH excluding ortho intramolecular Hbond substituents is 1. The van der Waals surface area contributed by atoms with Crippen LogP contribution in [0.2, 0.25) is 5.02 Å². The first-order valence-electron chi connectivity index (χ1n) is 10.8. The van der Waals surface area contributed by atoms with Crippen LogP contribution in [0.4, 0.5) is 5.69 Å². The van der Waals surface area contributed by atoms with E-state index in [1.54, 1.807) is 24.3 Å². The third kappa shape index (κ3) is 7.65. The van der Waals surface area contributed by atoms with Gasteiger partial charge in [-0.05, 0) is 52.9 Å². The van der Waals surface area contributed by atoms with E-state index in [4.69, 9.17) is 17.4 Å². The van der Waals surface area contributed by atoms with Gasteiger partial charge in [0, 0.05) is 34.9 Å². The smallest absolute Gasteiger partial charge is 0.305 e. The first-order chi connectivity index (χ1) is 17.0. The third-order valence-electron chi connectivity index (χ3n) is 5.28. The molecule has 0 radical (unpaired) electrons. The quantitative estimate of drug-likeness (QED) is 0.143. The van der Waals surface area contributed by atoms with Crippen molar-refractivity contribution in [3.05, 3.63) is 56.1 Å². The number of aliphatic carboxylic acids is 1. The molecular formula is C22H26ClIN6O6. The van der Waals surface area contributed by atoms with Gasteiger partial charge in [-0.25, -0.2) is 5.01 Å². The summed E-state index contributed by atoms with van der Waals surface area (Å²) in [7, 11) is 0. The Balaban J connectivity index is 1.61. The van der Waals surface area contributed by atoms with Gasteiger partial charge in [-0.2, -0.15) is 0 Å². The number of aliphatic hydroxyl groups excluding tert-OH is 1. The Morgan fingerprint density at radius 1 is 1.28 bits per heavy atom. The van der Waals surface area contributed by atoms with Gasteiger partial charge in [0.1, 0.15) is 12.0 Å². The van der Waals surface area contributed by atoms with E-state index in [0.29, 0.717) is 15.8 Å². The first-order valence-corrected chi connectivity index (χ1v) is 12.3. The van der Waals surface area contributed by atoms with Crippen LogP contribution in [0.5, 0.6) is 5.75 Å². The molecule has 0 bridgehead atoms. The molecule has 12 nitrogen and oxygen atoms in total. The second-order valence-corrected chi connectivity index (χ2v) is 9.71. The van der Waals surface area contributed by atoms with Gasteiger partial charge in [0.25, 0.3) is 5.91 Å². The number of aliphatic hydroxyl groups is 1. The van der Waals surface area contributed by atoms with Gasteiger partial charge in [-0.1, -0.05) is 17.7 Å². The molecule has 0 aliphatic carbocycles. The second kappa shape index (κ2) is 12.5. The molecule has 1 heterocycles. The Bertz CT molecular complexity index is 1140. The number of hydrogen-bond acceptors (Lipinski definition) is 9. The van der Waals surface area contributed by atoms with Crippen LogP contribution < -0.4 is 27.1 Å². The van der Waals surface area contributed by atoms with Crippen molar-refractivity contribution in [3.8, 4) is 5.75 Å². The lowest BCUT2D eigenvalue weighted by Gasteiger charge is -2.36. The van der Waals surface area contributed by atoms with E-state index >= 15 is 0 Å². The van der Waals surface area contributed by atoms with Gasteiger partial charge >= 0.3 is 5.97 Å². The SMILES string of the molecule is NN1CC(O)CNC1Nc1cccc(C(=O)NCC(=O)NC(CC(=O)O)c2cc(Cl)cc(I)c2O)c1. The molecule has 1 fully saturated rings. The minimum atomic E-state index is -1.19. The van der Waals surface area contributed by atoms with Crippen molar-refractivity contribution >= 4 is 57.7 Å².